The first-order chi connectivity index (χ1) is 15.8. The summed E-state index contributed by atoms with van der Waals surface area (Å²) in [6.07, 6.45) is 0. The van der Waals surface area contributed by atoms with E-state index in [2.05, 4.69) is 59.2 Å². The highest BCUT2D eigenvalue weighted by atomic mass is 16.5. The topological polar surface area (TPSA) is 42.5 Å². The molecule has 32 heavy (non-hydrogen) atoms. The summed E-state index contributed by atoms with van der Waals surface area (Å²) in [7, 11) is 3.37. The van der Waals surface area contributed by atoms with Gasteiger partial charge in [-0.2, -0.15) is 0 Å². The minimum Gasteiger partial charge on any atom is -0.497 e. The molecule has 0 aliphatic rings. The van der Waals surface area contributed by atoms with Crippen LogP contribution in [0, 0.1) is 0 Å². The monoisotopic (exact) mass is 424 g/mol. The fourth-order valence-electron chi connectivity index (χ4n) is 3.77. The molecule has 4 aromatic rings. The maximum absolute atomic E-state index is 5.38. The lowest BCUT2D eigenvalue weighted by Gasteiger charge is -2.31. The zero-order valence-electron chi connectivity index (χ0n) is 18.4. The van der Waals surface area contributed by atoms with E-state index in [9.17, 15) is 0 Å². The molecule has 4 nitrogen and oxygen atoms in total. The van der Waals surface area contributed by atoms with Crippen molar-refractivity contribution < 1.29 is 9.47 Å². The Labute approximate surface area is 189 Å². The van der Waals surface area contributed by atoms with Gasteiger partial charge in [-0.05, 0) is 59.7 Å². The van der Waals surface area contributed by atoms with Crippen LogP contribution < -0.4 is 20.1 Å². The highest BCUT2D eigenvalue weighted by Gasteiger charge is 2.25. The molecule has 4 rings (SSSR count). The second-order valence-electron chi connectivity index (χ2n) is 7.52. The Hall–Kier alpha value is -3.92. The maximum atomic E-state index is 5.38. The van der Waals surface area contributed by atoms with Crippen molar-refractivity contribution >= 4 is 11.4 Å². The van der Waals surface area contributed by atoms with Gasteiger partial charge in [-0.15, -0.1) is 0 Å². The van der Waals surface area contributed by atoms with Gasteiger partial charge < -0.3 is 20.1 Å². The van der Waals surface area contributed by atoms with Crippen LogP contribution in [0.4, 0.5) is 11.4 Å². The molecule has 0 unspecified atom stereocenters. The van der Waals surface area contributed by atoms with Crippen LogP contribution in [0.25, 0.3) is 0 Å². The summed E-state index contributed by atoms with van der Waals surface area (Å²) < 4.78 is 10.8. The number of hydrogen-bond acceptors (Lipinski definition) is 4. The molecule has 0 aliphatic carbocycles. The summed E-state index contributed by atoms with van der Waals surface area (Å²) in [5.41, 5.74) is 4.42. The average Bonchev–Trinajstić information content (AvgIpc) is 2.87. The van der Waals surface area contributed by atoms with E-state index in [1.54, 1.807) is 14.2 Å². The summed E-state index contributed by atoms with van der Waals surface area (Å²) in [5, 5.41) is 7.49. The largest absolute Gasteiger partial charge is 0.497 e. The third-order valence-electron chi connectivity index (χ3n) is 5.48. The lowest BCUT2D eigenvalue weighted by atomic mass is 9.92. The first-order valence-corrected chi connectivity index (χ1v) is 10.7. The van der Waals surface area contributed by atoms with Gasteiger partial charge in [-0.3, -0.25) is 0 Å². The molecule has 0 aliphatic heterocycles. The number of anilines is 2. The standard InChI is InChI=1S/C28H28N2O2/c1-31-25-17-13-21(14-18-25)27(29-23-9-5-3-6-10-23)28(30-24-11-7-4-8-12-24)22-15-19-26(32-2)20-16-22/h3-20,27-30H,1-2H3/t27-,28-/m1/s1. The Balaban J connectivity index is 1.77. The highest BCUT2D eigenvalue weighted by Crippen LogP contribution is 2.36. The van der Waals surface area contributed by atoms with Crippen LogP contribution in [0.2, 0.25) is 0 Å². The van der Waals surface area contributed by atoms with E-state index in [0.717, 1.165) is 34.0 Å². The van der Waals surface area contributed by atoms with E-state index < -0.39 is 0 Å². The normalized spacial score (nSPS) is 12.4. The van der Waals surface area contributed by atoms with Crippen molar-refractivity contribution in [1.29, 1.82) is 0 Å². The smallest absolute Gasteiger partial charge is 0.118 e. The first kappa shape index (κ1) is 21.3. The summed E-state index contributed by atoms with van der Waals surface area (Å²) >= 11 is 0. The van der Waals surface area contributed by atoms with Crippen molar-refractivity contribution in [3.63, 3.8) is 0 Å². The Morgan fingerprint density at radius 3 is 1.12 bits per heavy atom. The molecule has 162 valence electrons. The van der Waals surface area contributed by atoms with Crippen molar-refractivity contribution in [3.05, 3.63) is 120 Å². The van der Waals surface area contributed by atoms with Crippen LogP contribution in [0.1, 0.15) is 23.2 Å². The third-order valence-corrected chi connectivity index (χ3v) is 5.48. The predicted octanol–water partition coefficient (Wildman–Crippen LogP) is 6.71. The van der Waals surface area contributed by atoms with Gasteiger partial charge in [0.2, 0.25) is 0 Å². The van der Waals surface area contributed by atoms with E-state index in [0.29, 0.717) is 0 Å². The molecular weight excluding hydrogens is 396 g/mol. The zero-order valence-corrected chi connectivity index (χ0v) is 18.4. The molecule has 2 N–H and O–H groups in total. The molecule has 0 amide bonds. The van der Waals surface area contributed by atoms with E-state index in [1.165, 1.54) is 0 Å². The van der Waals surface area contributed by atoms with Gasteiger partial charge in [0.15, 0.2) is 0 Å². The third kappa shape index (κ3) is 5.22. The summed E-state index contributed by atoms with van der Waals surface area (Å²) in [4.78, 5) is 0. The Bertz CT molecular complexity index is 991. The van der Waals surface area contributed by atoms with E-state index in [4.69, 9.17) is 9.47 Å². The second-order valence-corrected chi connectivity index (χ2v) is 7.52. The number of methoxy groups -OCH3 is 2. The molecule has 0 saturated carbocycles. The van der Waals surface area contributed by atoms with E-state index >= 15 is 0 Å². The van der Waals surface area contributed by atoms with Gasteiger partial charge in [-0.1, -0.05) is 60.7 Å². The molecule has 0 bridgehead atoms. The first-order valence-electron chi connectivity index (χ1n) is 10.7. The fourth-order valence-corrected chi connectivity index (χ4v) is 3.77. The number of hydrogen-bond donors (Lipinski definition) is 2. The van der Waals surface area contributed by atoms with Crippen molar-refractivity contribution in [3.8, 4) is 11.5 Å². The summed E-state index contributed by atoms with van der Waals surface area (Å²) in [6.45, 7) is 0. The molecule has 0 radical (unpaired) electrons. The summed E-state index contributed by atoms with van der Waals surface area (Å²) in [6, 6.07) is 36.9. The quantitative estimate of drug-likeness (QED) is 0.313. The van der Waals surface area contributed by atoms with Crippen LogP contribution in [0.5, 0.6) is 11.5 Å². The van der Waals surface area contributed by atoms with Crippen molar-refractivity contribution in [1.82, 2.24) is 0 Å². The van der Waals surface area contributed by atoms with Crippen molar-refractivity contribution in [2.24, 2.45) is 0 Å². The zero-order chi connectivity index (χ0) is 22.2. The van der Waals surface area contributed by atoms with Crippen LogP contribution in [0.15, 0.2) is 109 Å². The minimum absolute atomic E-state index is 0.0445. The SMILES string of the molecule is COc1ccc([C@@H](Nc2ccccc2)[C@H](Nc2ccccc2)c2ccc(OC)cc2)cc1. The molecule has 0 spiro atoms. The Morgan fingerprint density at radius 2 is 0.812 bits per heavy atom. The Morgan fingerprint density at radius 1 is 0.469 bits per heavy atom. The number of benzene rings is 4. The van der Waals surface area contributed by atoms with Crippen LogP contribution in [0.3, 0.4) is 0 Å². The predicted molar refractivity (Wildman–Crippen MR) is 132 cm³/mol. The molecule has 0 heterocycles. The molecule has 0 fully saturated rings. The van der Waals surface area contributed by atoms with Gasteiger partial charge in [0.1, 0.15) is 11.5 Å². The van der Waals surface area contributed by atoms with E-state index in [-0.39, 0.29) is 12.1 Å². The number of nitrogens with one attached hydrogen (secondary N) is 2. The highest BCUT2D eigenvalue weighted by molar-refractivity contribution is 5.52. The second kappa shape index (κ2) is 10.4. The number of para-hydroxylation sites is 2. The Kier molecular flexibility index (Phi) is 6.93. The van der Waals surface area contributed by atoms with Gasteiger partial charge in [0, 0.05) is 11.4 Å². The van der Waals surface area contributed by atoms with Gasteiger partial charge in [-0.25, -0.2) is 0 Å². The van der Waals surface area contributed by atoms with Crippen molar-refractivity contribution in [2.45, 2.75) is 12.1 Å². The van der Waals surface area contributed by atoms with Crippen LogP contribution >= 0.6 is 0 Å². The fraction of sp³-hybridized carbons (Fsp3) is 0.143. The molecular formula is C28H28N2O2. The molecule has 0 saturated heterocycles. The molecule has 0 aromatic heterocycles. The van der Waals surface area contributed by atoms with Crippen LogP contribution in [-0.4, -0.2) is 14.2 Å². The maximum Gasteiger partial charge on any atom is 0.118 e. The number of rotatable bonds is 9. The van der Waals surface area contributed by atoms with Gasteiger partial charge >= 0.3 is 0 Å². The lowest BCUT2D eigenvalue weighted by Crippen LogP contribution is -2.25. The summed E-state index contributed by atoms with van der Waals surface area (Å²) in [5.74, 6) is 1.67. The van der Waals surface area contributed by atoms with Gasteiger partial charge in [0.25, 0.3) is 0 Å². The van der Waals surface area contributed by atoms with Gasteiger partial charge in [0.05, 0.1) is 26.3 Å². The molecule has 2 atom stereocenters. The molecule has 4 heteroatoms. The van der Waals surface area contributed by atoms with Crippen LogP contribution in [-0.2, 0) is 0 Å². The van der Waals surface area contributed by atoms with E-state index in [1.807, 2.05) is 60.7 Å². The minimum atomic E-state index is -0.0445. The lowest BCUT2D eigenvalue weighted by molar-refractivity contribution is 0.414. The number of ether oxygens (including phenoxy) is 2. The molecule has 4 aromatic carbocycles. The average molecular weight is 425 g/mol. The van der Waals surface area contributed by atoms with Crippen molar-refractivity contribution in [2.75, 3.05) is 24.9 Å².